The van der Waals surface area contributed by atoms with Crippen LogP contribution in [-0.4, -0.2) is 0 Å². The van der Waals surface area contributed by atoms with Gasteiger partial charge >= 0.3 is 0 Å². The van der Waals surface area contributed by atoms with Gasteiger partial charge in [-0.2, -0.15) is 0 Å². The lowest BCUT2D eigenvalue weighted by atomic mass is 9.65. The lowest BCUT2D eigenvalue weighted by molar-refractivity contribution is 0.669. The van der Waals surface area contributed by atoms with Gasteiger partial charge in [-0.15, -0.1) is 0 Å². The number of fused-ring (bicyclic) bond motifs is 16. The van der Waals surface area contributed by atoms with E-state index in [1.54, 1.807) is 0 Å². The molecule has 13 aromatic rings. The second kappa shape index (κ2) is 13.7. The van der Waals surface area contributed by atoms with Crippen LogP contribution in [0.25, 0.3) is 98.8 Å². The summed E-state index contributed by atoms with van der Waals surface area (Å²) in [6.45, 7) is 0. The van der Waals surface area contributed by atoms with Crippen molar-refractivity contribution >= 4 is 71.3 Å². The molecule has 0 fully saturated rings. The molecule has 0 N–H and O–H groups in total. The second-order valence-corrected chi connectivity index (χ2v) is 18.3. The molecule has 67 heavy (non-hydrogen) atoms. The maximum absolute atomic E-state index is 6.59. The molecule has 2 aliphatic carbocycles. The third-order valence-corrected chi connectivity index (χ3v) is 15.0. The fraction of sp³-hybridized carbons (Fsp3) is 0.0154. The molecule has 1 heterocycles. The molecule has 0 saturated carbocycles. The van der Waals surface area contributed by atoms with Gasteiger partial charge in [0.15, 0.2) is 0 Å². The Labute approximate surface area is 387 Å². The Morgan fingerprint density at radius 3 is 1.67 bits per heavy atom. The van der Waals surface area contributed by atoms with Gasteiger partial charge in [0.05, 0.1) is 5.41 Å². The van der Waals surface area contributed by atoms with Crippen LogP contribution in [0.2, 0.25) is 0 Å². The zero-order chi connectivity index (χ0) is 43.8. The molecular weight excluding hydrogens is 811 g/mol. The molecule has 12 aromatic carbocycles. The van der Waals surface area contributed by atoms with Crippen LogP contribution in [0.5, 0.6) is 0 Å². The molecule has 0 saturated heterocycles. The number of hydrogen-bond acceptors (Lipinski definition) is 2. The number of anilines is 3. The van der Waals surface area contributed by atoms with Gasteiger partial charge in [0.1, 0.15) is 11.2 Å². The molecule has 1 unspecified atom stereocenters. The Kier molecular flexibility index (Phi) is 7.46. The van der Waals surface area contributed by atoms with Crippen molar-refractivity contribution in [3.8, 4) is 44.5 Å². The predicted octanol–water partition coefficient (Wildman–Crippen LogP) is 17.6. The molecule has 2 aliphatic rings. The van der Waals surface area contributed by atoms with Gasteiger partial charge in [-0.25, -0.2) is 0 Å². The van der Waals surface area contributed by atoms with Gasteiger partial charge in [0.25, 0.3) is 0 Å². The van der Waals surface area contributed by atoms with Crippen LogP contribution in [0, 0.1) is 0 Å². The van der Waals surface area contributed by atoms with Crippen molar-refractivity contribution in [2.75, 3.05) is 4.90 Å². The number of para-hydroxylation sites is 1. The van der Waals surface area contributed by atoms with Crippen LogP contribution in [0.3, 0.4) is 0 Å². The largest absolute Gasteiger partial charge is 0.456 e. The minimum Gasteiger partial charge on any atom is -0.456 e. The monoisotopic (exact) mass is 849 g/mol. The summed E-state index contributed by atoms with van der Waals surface area (Å²) in [5, 5.41) is 10.0. The smallest absolute Gasteiger partial charge is 0.137 e. The molecule has 0 aliphatic heterocycles. The highest BCUT2D eigenvalue weighted by molar-refractivity contribution is 6.27. The Morgan fingerprint density at radius 1 is 0.299 bits per heavy atom. The van der Waals surface area contributed by atoms with Crippen LogP contribution in [-0.2, 0) is 5.41 Å². The van der Waals surface area contributed by atoms with E-state index in [9.17, 15) is 0 Å². The lowest BCUT2D eigenvalue weighted by Crippen LogP contribution is -2.29. The summed E-state index contributed by atoms with van der Waals surface area (Å²) in [5.41, 5.74) is 19.4. The van der Waals surface area contributed by atoms with Gasteiger partial charge in [-0.3, -0.25) is 0 Å². The summed E-state index contributed by atoms with van der Waals surface area (Å²) in [6, 6.07) is 88.0. The maximum Gasteiger partial charge on any atom is 0.137 e. The average Bonchev–Trinajstić information content (AvgIpc) is 3.88. The summed E-state index contributed by atoms with van der Waals surface area (Å²) in [5.74, 6) is 0. The lowest BCUT2D eigenvalue weighted by Gasteiger charge is -2.36. The predicted molar refractivity (Wildman–Crippen MR) is 279 cm³/mol. The Bertz CT molecular complexity index is 4140. The fourth-order valence-electron chi connectivity index (χ4n) is 12.2. The third-order valence-electron chi connectivity index (χ3n) is 15.0. The Morgan fingerprint density at radius 2 is 0.866 bits per heavy atom. The normalized spacial score (nSPS) is 14.6. The van der Waals surface area contributed by atoms with Crippen molar-refractivity contribution in [2.24, 2.45) is 0 Å². The van der Waals surface area contributed by atoms with Crippen LogP contribution in [0.1, 0.15) is 22.3 Å². The summed E-state index contributed by atoms with van der Waals surface area (Å²) >= 11 is 0. The van der Waals surface area contributed by atoms with E-state index in [4.69, 9.17) is 4.42 Å². The zero-order valence-corrected chi connectivity index (χ0v) is 36.4. The first-order chi connectivity index (χ1) is 33.2. The van der Waals surface area contributed by atoms with E-state index in [0.717, 1.165) is 39.0 Å². The minimum absolute atomic E-state index is 0.678. The van der Waals surface area contributed by atoms with Crippen LogP contribution >= 0.6 is 0 Å². The fourth-order valence-corrected chi connectivity index (χ4v) is 12.2. The molecular formula is C65H39NO. The first-order valence-electron chi connectivity index (χ1n) is 23.2. The molecule has 15 rings (SSSR count). The first kappa shape index (κ1) is 36.6. The number of nitrogens with zero attached hydrogens (tertiary/aromatic N) is 1. The highest BCUT2D eigenvalue weighted by Crippen LogP contribution is 2.64. The van der Waals surface area contributed by atoms with Crippen molar-refractivity contribution in [1.82, 2.24) is 0 Å². The maximum atomic E-state index is 6.59. The van der Waals surface area contributed by atoms with Crippen LogP contribution < -0.4 is 4.90 Å². The summed E-state index contributed by atoms with van der Waals surface area (Å²) in [7, 11) is 0. The quantitative estimate of drug-likeness (QED) is 0.164. The molecule has 310 valence electrons. The van der Waals surface area contributed by atoms with Crippen LogP contribution in [0.15, 0.2) is 241 Å². The first-order valence-corrected chi connectivity index (χ1v) is 23.2. The third kappa shape index (κ3) is 4.99. The number of rotatable bonds is 4. The molecule has 0 amide bonds. The van der Waals surface area contributed by atoms with Gasteiger partial charge in [-0.1, -0.05) is 182 Å². The molecule has 1 aromatic heterocycles. The van der Waals surface area contributed by atoms with E-state index in [2.05, 4.69) is 235 Å². The standard InChI is InChI=1S/C65H39NO/c1-2-13-40(14-3-1)41-27-30-45(31-28-41)66(47-33-36-53-52-20-8-11-24-60(52)67-61(53)39-47)46-32-35-51-49-18-5-4-17-48(49)50-19-6-9-22-56(50)65(58(51)38-46)57-23-10-7-21-54(57)64-55-34-29-43-16-12-15-42-25-26-44(37-59(64)65)63(55)62(42)43/h1-39H. The van der Waals surface area contributed by atoms with Gasteiger partial charge < -0.3 is 9.32 Å². The molecule has 0 radical (unpaired) electrons. The second-order valence-electron chi connectivity index (χ2n) is 18.3. The summed E-state index contributed by atoms with van der Waals surface area (Å²) in [6.07, 6.45) is 0. The minimum atomic E-state index is -0.678. The van der Waals surface area contributed by atoms with Crippen molar-refractivity contribution < 1.29 is 4.42 Å². The summed E-state index contributed by atoms with van der Waals surface area (Å²) in [4.78, 5) is 2.42. The number of furan rings is 1. The van der Waals surface area contributed by atoms with Crippen molar-refractivity contribution in [3.05, 3.63) is 259 Å². The highest BCUT2D eigenvalue weighted by Gasteiger charge is 2.50. The van der Waals surface area contributed by atoms with Crippen molar-refractivity contribution in [2.45, 2.75) is 5.41 Å². The molecule has 0 bridgehead atoms. The van der Waals surface area contributed by atoms with E-state index in [0.29, 0.717) is 0 Å². The number of hydrogen-bond donors (Lipinski definition) is 0. The van der Waals surface area contributed by atoms with Gasteiger partial charge in [-0.05, 0) is 148 Å². The van der Waals surface area contributed by atoms with Gasteiger partial charge in [0, 0.05) is 33.9 Å². The van der Waals surface area contributed by atoms with E-state index < -0.39 is 5.41 Å². The van der Waals surface area contributed by atoms with Gasteiger partial charge in [0.2, 0.25) is 0 Å². The van der Waals surface area contributed by atoms with E-state index >= 15 is 0 Å². The zero-order valence-electron chi connectivity index (χ0n) is 36.4. The molecule has 1 spiro atoms. The topological polar surface area (TPSA) is 16.4 Å². The van der Waals surface area contributed by atoms with E-state index in [1.165, 1.54) is 99.1 Å². The Hall–Kier alpha value is -8.72. The molecule has 1 atom stereocenters. The van der Waals surface area contributed by atoms with Crippen molar-refractivity contribution in [3.63, 3.8) is 0 Å². The summed E-state index contributed by atoms with van der Waals surface area (Å²) < 4.78 is 6.59. The molecule has 2 heteroatoms. The average molecular weight is 850 g/mol. The van der Waals surface area contributed by atoms with Crippen molar-refractivity contribution in [1.29, 1.82) is 0 Å². The highest BCUT2D eigenvalue weighted by atomic mass is 16.3. The Balaban J connectivity index is 1.06. The van der Waals surface area contributed by atoms with E-state index in [1.807, 2.05) is 6.07 Å². The van der Waals surface area contributed by atoms with Crippen LogP contribution in [0.4, 0.5) is 17.1 Å². The molecule has 2 nitrogen and oxygen atoms in total. The number of benzene rings is 12. The van der Waals surface area contributed by atoms with E-state index in [-0.39, 0.29) is 0 Å². The SMILES string of the molecule is c1ccc(-c2ccc(N(c3ccc4c(c3)C3(c5ccccc5-c5ccccc5-4)c4ccccc4-c4c3cc3ccc5cccc6ccc4c3c56)c3ccc4c(c3)oc3ccccc34)cc2)cc1.